The monoisotopic (exact) mass is 961 g/mol. The number of hydrogen-bond acceptors (Lipinski definition) is 5. The molecule has 4 aliphatic rings. The van der Waals surface area contributed by atoms with Crippen molar-refractivity contribution in [2.45, 2.75) is 83.6 Å². The largest absolute Gasteiger partial charge is 0.454 e. The number of furan rings is 1. The molecule has 11 aromatic rings. The first kappa shape index (κ1) is 43.1. The van der Waals surface area contributed by atoms with E-state index in [2.05, 4.69) is 238 Å². The quantitative estimate of drug-likeness (QED) is 0.164. The number of para-hydroxylation sites is 2. The van der Waals surface area contributed by atoms with Crippen LogP contribution in [-0.2, 0) is 10.8 Å². The average molecular weight is 962 g/mol. The van der Waals surface area contributed by atoms with Gasteiger partial charge in [-0.25, -0.2) is 0 Å². The fourth-order valence-electron chi connectivity index (χ4n) is 14.0. The number of benzene rings is 9. The minimum atomic E-state index is -0.112. The van der Waals surface area contributed by atoms with E-state index in [0.29, 0.717) is 0 Å². The molecule has 6 heteroatoms. The molecule has 354 valence electrons. The third kappa shape index (κ3) is 6.02. The highest BCUT2D eigenvalue weighted by Gasteiger charge is 2.58. The summed E-state index contributed by atoms with van der Waals surface area (Å²) in [6.07, 6.45) is 4.78. The molecule has 1 aliphatic carbocycles. The van der Waals surface area contributed by atoms with Crippen LogP contribution >= 0.6 is 11.3 Å². The third-order valence-corrected chi connectivity index (χ3v) is 18.9. The lowest BCUT2D eigenvalue weighted by molar-refractivity contribution is 0.195. The van der Waals surface area contributed by atoms with Gasteiger partial charge in [-0.05, 0) is 149 Å². The molecular weight excluding hydrogens is 906 g/mol. The van der Waals surface area contributed by atoms with Crippen LogP contribution in [0.4, 0.5) is 45.5 Å². The molecule has 0 saturated heterocycles. The summed E-state index contributed by atoms with van der Waals surface area (Å²) in [7, 11) is 0. The van der Waals surface area contributed by atoms with Crippen LogP contribution in [0.5, 0.6) is 0 Å². The van der Waals surface area contributed by atoms with E-state index in [0.717, 1.165) is 39.7 Å². The van der Waals surface area contributed by atoms with Gasteiger partial charge >= 0.3 is 0 Å². The summed E-state index contributed by atoms with van der Waals surface area (Å²) in [5.74, 6) is 0. The summed E-state index contributed by atoms with van der Waals surface area (Å²) in [5, 5.41) is 4.85. The van der Waals surface area contributed by atoms with Gasteiger partial charge in [0, 0.05) is 76.2 Å². The highest BCUT2D eigenvalue weighted by atomic mass is 32.1. The number of anilines is 8. The molecule has 73 heavy (non-hydrogen) atoms. The molecule has 1 fully saturated rings. The lowest BCUT2D eigenvalue weighted by atomic mass is 9.33. The van der Waals surface area contributed by atoms with Gasteiger partial charge in [-0.3, -0.25) is 0 Å². The van der Waals surface area contributed by atoms with Crippen LogP contribution in [0.3, 0.4) is 0 Å². The van der Waals surface area contributed by atoms with Crippen molar-refractivity contribution in [2.24, 2.45) is 0 Å². The average Bonchev–Trinajstić information content (AvgIpc) is 4.04. The molecule has 0 radical (unpaired) electrons. The summed E-state index contributed by atoms with van der Waals surface area (Å²) in [4.78, 5) is 7.91. The van der Waals surface area contributed by atoms with Gasteiger partial charge in [0.15, 0.2) is 5.58 Å². The molecule has 15 rings (SSSR count). The molecule has 0 amide bonds. The highest BCUT2D eigenvalue weighted by Crippen LogP contribution is 2.62. The van der Waals surface area contributed by atoms with E-state index < -0.39 is 0 Å². The van der Waals surface area contributed by atoms with Crippen LogP contribution < -0.4 is 31.1 Å². The first-order valence-corrected chi connectivity index (χ1v) is 27.1. The maximum absolute atomic E-state index is 7.02. The van der Waals surface area contributed by atoms with Gasteiger partial charge in [-0.2, -0.15) is 0 Å². The van der Waals surface area contributed by atoms with Crippen LogP contribution in [0.25, 0.3) is 53.2 Å². The lowest BCUT2D eigenvalue weighted by Gasteiger charge is -2.50. The molecule has 0 N–H and O–H groups in total. The van der Waals surface area contributed by atoms with Gasteiger partial charge in [0.1, 0.15) is 5.58 Å². The van der Waals surface area contributed by atoms with Gasteiger partial charge in [-0.1, -0.05) is 150 Å². The maximum atomic E-state index is 7.02. The number of rotatable bonds is 4. The van der Waals surface area contributed by atoms with Crippen molar-refractivity contribution in [2.75, 3.05) is 14.7 Å². The molecule has 2 unspecified atom stereocenters. The summed E-state index contributed by atoms with van der Waals surface area (Å²) < 4.78 is 9.63. The first-order chi connectivity index (χ1) is 35.5. The highest BCUT2D eigenvalue weighted by molar-refractivity contribution is 7.25. The Balaban J connectivity index is 1.02. The van der Waals surface area contributed by atoms with Gasteiger partial charge in [0.05, 0.1) is 11.2 Å². The molecule has 1 saturated carbocycles. The van der Waals surface area contributed by atoms with Gasteiger partial charge in [0.25, 0.3) is 6.71 Å². The molecule has 2 aromatic heterocycles. The first-order valence-electron chi connectivity index (χ1n) is 26.3. The Labute approximate surface area is 432 Å². The van der Waals surface area contributed by atoms with Crippen molar-refractivity contribution in [3.05, 3.63) is 199 Å². The zero-order valence-electron chi connectivity index (χ0n) is 42.4. The van der Waals surface area contributed by atoms with Crippen LogP contribution in [0, 0.1) is 6.92 Å². The second-order valence-corrected chi connectivity index (χ2v) is 23.9. The minimum absolute atomic E-state index is 0.00350. The van der Waals surface area contributed by atoms with Gasteiger partial charge in [0.2, 0.25) is 0 Å². The van der Waals surface area contributed by atoms with Crippen molar-refractivity contribution in [3.63, 3.8) is 0 Å². The molecule has 3 aliphatic heterocycles. The predicted molar refractivity (Wildman–Crippen MR) is 312 cm³/mol. The van der Waals surface area contributed by atoms with E-state index in [1.54, 1.807) is 0 Å². The standard InChI is InChI=1S/C67H56BN3OS/c1-41-35-58-63-59(36-41)70(55-22-16-21-49-47-19-10-12-23-60(47)72-64(49)55)57-40-46(71-54-31-26-44(65(2,3)4)38-51(54)66(5)33-14-15-34-67(66,71)6)27-30-53(57)68(63)52-29-25-43(42-17-8-7-9-18-42)37-56(52)69(58)45-28-32-62-50(39-45)48-20-11-13-24-61(48)73-62/h7-13,16-32,35-40H,14-15,33-34H2,1-6H3. The topological polar surface area (TPSA) is 22.9 Å². The summed E-state index contributed by atoms with van der Waals surface area (Å²) in [5.41, 5.74) is 21.8. The molecule has 9 aromatic carbocycles. The second-order valence-electron chi connectivity index (χ2n) is 22.9. The summed E-state index contributed by atoms with van der Waals surface area (Å²) in [6, 6.07) is 69.2. The van der Waals surface area contributed by atoms with Crippen LogP contribution in [0.2, 0.25) is 0 Å². The van der Waals surface area contributed by atoms with Crippen molar-refractivity contribution in [1.29, 1.82) is 0 Å². The maximum Gasteiger partial charge on any atom is 0.252 e. The van der Waals surface area contributed by atoms with E-state index in [1.807, 2.05) is 11.3 Å². The molecular formula is C67H56BN3OS. The van der Waals surface area contributed by atoms with E-state index in [-0.39, 0.29) is 23.1 Å². The fourth-order valence-corrected chi connectivity index (χ4v) is 15.1. The molecule has 0 bridgehead atoms. The van der Waals surface area contributed by atoms with E-state index >= 15 is 0 Å². The predicted octanol–water partition coefficient (Wildman–Crippen LogP) is 17.1. The number of hydrogen-bond donors (Lipinski definition) is 0. The Hall–Kier alpha value is -7.54. The van der Waals surface area contributed by atoms with Gasteiger partial charge in [-0.15, -0.1) is 11.3 Å². The van der Waals surface area contributed by atoms with Crippen LogP contribution in [0.1, 0.15) is 77.0 Å². The van der Waals surface area contributed by atoms with E-state index in [9.17, 15) is 0 Å². The number of nitrogens with zero attached hydrogens (tertiary/aromatic N) is 3. The third-order valence-electron chi connectivity index (χ3n) is 17.8. The smallest absolute Gasteiger partial charge is 0.252 e. The minimum Gasteiger partial charge on any atom is -0.454 e. The lowest BCUT2D eigenvalue weighted by Crippen LogP contribution is -2.61. The normalized spacial score (nSPS) is 18.9. The second kappa shape index (κ2) is 15.3. The number of aryl methyl sites for hydroxylation is 1. The van der Waals surface area contributed by atoms with Crippen LogP contribution in [-0.4, -0.2) is 12.3 Å². The van der Waals surface area contributed by atoms with E-state index in [1.165, 1.54) is 118 Å². The Morgan fingerprint density at radius 3 is 2.05 bits per heavy atom. The number of thiophene rings is 1. The van der Waals surface area contributed by atoms with Gasteiger partial charge < -0.3 is 19.1 Å². The van der Waals surface area contributed by atoms with E-state index in [4.69, 9.17) is 4.42 Å². The van der Waals surface area contributed by atoms with Crippen molar-refractivity contribution in [3.8, 4) is 11.1 Å². The Morgan fingerprint density at radius 1 is 0.521 bits per heavy atom. The van der Waals surface area contributed by atoms with Crippen molar-refractivity contribution < 1.29 is 4.42 Å². The van der Waals surface area contributed by atoms with Crippen LogP contribution in [0.15, 0.2) is 186 Å². The summed E-state index contributed by atoms with van der Waals surface area (Å²) in [6.45, 7) is 14.4. The molecule has 5 heterocycles. The Kier molecular flexibility index (Phi) is 9.00. The van der Waals surface area contributed by atoms with Crippen molar-refractivity contribution in [1.82, 2.24) is 0 Å². The SMILES string of the molecule is Cc1cc2c3c(c1)N(c1cccc4c1oc1ccccc14)c1cc(N4c5ccc(C(C)(C)C)cc5C5(C)CCCCC45C)ccc1B3c1ccc(-c3ccccc3)cc1N2c1ccc2sc3ccccc3c2c1. The van der Waals surface area contributed by atoms with Crippen molar-refractivity contribution >= 4 is 122 Å². The number of fused-ring (bicyclic) bond motifs is 13. The fraction of sp³-hybridized carbons (Fsp3) is 0.194. The zero-order chi connectivity index (χ0) is 49.1. The molecule has 2 atom stereocenters. The summed E-state index contributed by atoms with van der Waals surface area (Å²) >= 11 is 1.87. The molecule has 4 nitrogen and oxygen atoms in total. The molecule has 0 spiro atoms. The Bertz CT molecular complexity index is 4130. The Morgan fingerprint density at radius 2 is 1.22 bits per heavy atom. The zero-order valence-corrected chi connectivity index (χ0v) is 43.2.